The maximum atomic E-state index is 12.1. The van der Waals surface area contributed by atoms with Crippen molar-refractivity contribution in [2.45, 2.75) is 4.90 Å². The highest BCUT2D eigenvalue weighted by Crippen LogP contribution is 2.31. The van der Waals surface area contributed by atoms with Gasteiger partial charge in [-0.2, -0.15) is 5.10 Å². The molecule has 0 aliphatic heterocycles. The highest BCUT2D eigenvalue weighted by atomic mass is 32.2. The summed E-state index contributed by atoms with van der Waals surface area (Å²) in [6.07, 6.45) is 0. The molecule has 28 heavy (non-hydrogen) atoms. The number of hydrogen-bond donors (Lipinski definition) is 2. The molecule has 1 heterocycles. The first-order valence-corrected chi connectivity index (χ1v) is 10.1. The van der Waals surface area contributed by atoms with E-state index in [1.165, 1.54) is 6.07 Å². The van der Waals surface area contributed by atoms with E-state index in [0.717, 1.165) is 16.8 Å². The molecule has 0 bridgehead atoms. The average Bonchev–Trinajstić information content (AvgIpc) is 3.14. The number of benzene rings is 3. The third-order valence-corrected chi connectivity index (χ3v) is 5.34. The molecule has 4 rings (SSSR count). The Balaban J connectivity index is 1.98. The van der Waals surface area contributed by atoms with Gasteiger partial charge in [-0.05, 0) is 30.3 Å². The molecule has 1 aromatic heterocycles. The van der Waals surface area contributed by atoms with Crippen LogP contribution in [-0.4, -0.2) is 18.2 Å². The van der Waals surface area contributed by atoms with Crippen molar-refractivity contribution in [2.24, 2.45) is 5.14 Å². The molecule has 0 unspecified atom stereocenters. The number of nitrogens with two attached hydrogens (primary N) is 2. The Bertz CT molecular complexity index is 1230. The van der Waals surface area contributed by atoms with Crippen molar-refractivity contribution in [3.05, 3.63) is 84.9 Å². The molecule has 0 amide bonds. The third-order valence-electron chi connectivity index (χ3n) is 4.39. The zero-order valence-corrected chi connectivity index (χ0v) is 15.7. The number of sulfonamides is 1. The summed E-state index contributed by atoms with van der Waals surface area (Å²) in [7, 11) is -3.92. The minimum Gasteiger partial charge on any atom is -0.399 e. The molecule has 0 atom stereocenters. The molecule has 0 aliphatic carbocycles. The molecule has 0 fully saturated rings. The maximum absolute atomic E-state index is 12.1. The van der Waals surface area contributed by atoms with Crippen LogP contribution in [0.5, 0.6) is 0 Å². The molecule has 0 aliphatic rings. The highest BCUT2D eigenvalue weighted by Gasteiger charge is 2.19. The Labute approximate surface area is 163 Å². The number of nitrogens with zero attached hydrogens (tertiary/aromatic N) is 2. The number of anilines is 1. The lowest BCUT2D eigenvalue weighted by Crippen LogP contribution is -2.16. The van der Waals surface area contributed by atoms with Gasteiger partial charge in [-0.1, -0.05) is 54.6 Å². The Kier molecular flexibility index (Phi) is 4.46. The van der Waals surface area contributed by atoms with Gasteiger partial charge < -0.3 is 5.73 Å². The van der Waals surface area contributed by atoms with Crippen LogP contribution in [0.2, 0.25) is 0 Å². The molecule has 140 valence electrons. The lowest BCUT2D eigenvalue weighted by atomic mass is 10.1. The van der Waals surface area contributed by atoms with Crippen molar-refractivity contribution in [1.82, 2.24) is 9.78 Å². The fourth-order valence-electron chi connectivity index (χ4n) is 3.05. The summed E-state index contributed by atoms with van der Waals surface area (Å²) in [5.41, 5.74) is 10.1. The predicted octanol–water partition coefficient (Wildman–Crippen LogP) is 3.44. The monoisotopic (exact) mass is 390 g/mol. The fourth-order valence-corrected chi connectivity index (χ4v) is 3.76. The van der Waals surface area contributed by atoms with Crippen LogP contribution in [0.15, 0.2) is 89.8 Å². The second-order valence-electron chi connectivity index (χ2n) is 6.33. The smallest absolute Gasteiger partial charge is 0.240 e. The second-order valence-corrected chi connectivity index (χ2v) is 7.86. The summed E-state index contributed by atoms with van der Waals surface area (Å²) in [6.45, 7) is 0. The van der Waals surface area contributed by atoms with Gasteiger partial charge in [0.25, 0.3) is 0 Å². The number of hydrogen-bond acceptors (Lipinski definition) is 4. The van der Waals surface area contributed by atoms with Crippen LogP contribution in [0, 0.1) is 0 Å². The van der Waals surface area contributed by atoms with Crippen LogP contribution in [0.1, 0.15) is 0 Å². The largest absolute Gasteiger partial charge is 0.399 e. The second kappa shape index (κ2) is 6.95. The van der Waals surface area contributed by atoms with Crippen LogP contribution >= 0.6 is 0 Å². The zero-order chi connectivity index (χ0) is 19.7. The van der Waals surface area contributed by atoms with Gasteiger partial charge in [0.15, 0.2) is 0 Å². The van der Waals surface area contributed by atoms with Crippen molar-refractivity contribution < 1.29 is 8.42 Å². The molecule has 4 N–H and O–H groups in total. The molecule has 6 nitrogen and oxygen atoms in total. The van der Waals surface area contributed by atoms with Gasteiger partial charge in [0.1, 0.15) is 4.90 Å². The molecule has 4 aromatic rings. The molecular weight excluding hydrogens is 372 g/mol. The maximum Gasteiger partial charge on any atom is 0.240 e. The standard InChI is InChI=1S/C21H18N4O2S/c22-17-12-10-15(11-13-17)18-14-20(16-6-2-1-3-7-16)25(24-18)19-8-4-5-9-21(19)28(23,26)27/h1-14H,22H2,(H2,23,26,27). The van der Waals surface area contributed by atoms with E-state index < -0.39 is 10.0 Å². The quantitative estimate of drug-likeness (QED) is 0.521. The van der Waals surface area contributed by atoms with Gasteiger partial charge >= 0.3 is 0 Å². The lowest BCUT2D eigenvalue weighted by molar-refractivity contribution is 0.596. The number of primary sulfonamides is 1. The molecular formula is C21H18N4O2S. The Morgan fingerprint density at radius 2 is 1.43 bits per heavy atom. The third kappa shape index (κ3) is 3.40. The van der Waals surface area contributed by atoms with Crippen molar-refractivity contribution >= 4 is 15.7 Å². The van der Waals surface area contributed by atoms with Crippen molar-refractivity contribution in [3.63, 3.8) is 0 Å². The summed E-state index contributed by atoms with van der Waals surface area (Å²) < 4.78 is 25.8. The molecule has 3 aromatic carbocycles. The van der Waals surface area contributed by atoms with Crippen molar-refractivity contribution in [1.29, 1.82) is 0 Å². The van der Waals surface area contributed by atoms with Crippen LogP contribution in [-0.2, 0) is 10.0 Å². The summed E-state index contributed by atoms with van der Waals surface area (Å²) in [6, 6.07) is 25.5. The van der Waals surface area contributed by atoms with Crippen molar-refractivity contribution in [3.8, 4) is 28.2 Å². The van der Waals surface area contributed by atoms with E-state index >= 15 is 0 Å². The van der Waals surface area contributed by atoms with Gasteiger partial charge in [-0.15, -0.1) is 0 Å². The summed E-state index contributed by atoms with van der Waals surface area (Å²) in [5.74, 6) is 0. The first-order chi connectivity index (χ1) is 13.4. The SMILES string of the molecule is Nc1ccc(-c2cc(-c3ccccc3)n(-c3ccccc3S(N)(=O)=O)n2)cc1. The van der Waals surface area contributed by atoms with E-state index in [4.69, 9.17) is 10.9 Å². The van der Waals surface area contributed by atoms with E-state index in [1.54, 1.807) is 35.0 Å². The molecule has 0 spiro atoms. The Morgan fingerprint density at radius 3 is 2.11 bits per heavy atom. The molecule has 0 saturated heterocycles. The molecule has 7 heteroatoms. The Hall–Kier alpha value is -3.42. The van der Waals surface area contributed by atoms with E-state index in [-0.39, 0.29) is 4.90 Å². The van der Waals surface area contributed by atoms with Gasteiger partial charge in [0.2, 0.25) is 10.0 Å². The van der Waals surface area contributed by atoms with Gasteiger partial charge in [-0.25, -0.2) is 18.2 Å². The predicted molar refractivity (Wildman–Crippen MR) is 110 cm³/mol. The van der Waals surface area contributed by atoms with Crippen LogP contribution in [0.3, 0.4) is 0 Å². The first kappa shape index (κ1) is 18.0. The van der Waals surface area contributed by atoms with Crippen LogP contribution in [0.4, 0.5) is 5.69 Å². The molecule has 0 radical (unpaired) electrons. The van der Waals surface area contributed by atoms with E-state index in [2.05, 4.69) is 5.10 Å². The highest BCUT2D eigenvalue weighted by molar-refractivity contribution is 7.89. The van der Waals surface area contributed by atoms with Gasteiger partial charge in [-0.3, -0.25) is 0 Å². The zero-order valence-electron chi connectivity index (χ0n) is 14.9. The number of para-hydroxylation sites is 1. The summed E-state index contributed by atoms with van der Waals surface area (Å²) >= 11 is 0. The van der Waals surface area contributed by atoms with Crippen LogP contribution in [0.25, 0.3) is 28.2 Å². The normalized spacial score (nSPS) is 11.5. The topological polar surface area (TPSA) is 104 Å². The van der Waals surface area contributed by atoms with E-state index in [9.17, 15) is 8.42 Å². The molecule has 0 saturated carbocycles. The number of rotatable bonds is 4. The first-order valence-electron chi connectivity index (χ1n) is 8.57. The summed E-state index contributed by atoms with van der Waals surface area (Å²) in [4.78, 5) is 0.0131. The minimum absolute atomic E-state index is 0.0131. The average molecular weight is 390 g/mol. The van der Waals surface area contributed by atoms with Crippen LogP contribution < -0.4 is 10.9 Å². The van der Waals surface area contributed by atoms with Gasteiger partial charge in [0.05, 0.1) is 17.1 Å². The Morgan fingerprint density at radius 1 is 0.786 bits per heavy atom. The lowest BCUT2D eigenvalue weighted by Gasteiger charge is -2.11. The fraction of sp³-hybridized carbons (Fsp3) is 0. The summed E-state index contributed by atoms with van der Waals surface area (Å²) in [5, 5.41) is 10.1. The van der Waals surface area contributed by atoms with Gasteiger partial charge in [0, 0.05) is 16.8 Å². The number of aromatic nitrogens is 2. The van der Waals surface area contributed by atoms with Crippen molar-refractivity contribution in [2.75, 3.05) is 5.73 Å². The van der Waals surface area contributed by atoms with E-state index in [0.29, 0.717) is 17.1 Å². The minimum atomic E-state index is -3.92. The van der Waals surface area contributed by atoms with E-state index in [1.807, 2.05) is 48.5 Å². The number of nitrogen functional groups attached to an aromatic ring is 1.